The summed E-state index contributed by atoms with van der Waals surface area (Å²) in [7, 11) is 0. The topological polar surface area (TPSA) is 87.3 Å². The van der Waals surface area contributed by atoms with Crippen LogP contribution < -0.4 is 5.73 Å². The van der Waals surface area contributed by atoms with Crippen molar-refractivity contribution >= 4 is 28.6 Å². The van der Waals surface area contributed by atoms with Crippen molar-refractivity contribution in [2.75, 3.05) is 0 Å². The molecular formula is C15H14N4OS. The first-order valence-corrected chi connectivity index (χ1v) is 7.40. The second-order valence-corrected chi connectivity index (χ2v) is 5.45. The van der Waals surface area contributed by atoms with Gasteiger partial charge in [0.05, 0.1) is 11.0 Å². The summed E-state index contributed by atoms with van der Waals surface area (Å²) in [6, 6.07) is 15.5. The Kier molecular flexibility index (Phi) is 3.79. The maximum absolute atomic E-state index is 8.83. The number of nitrogens with zero attached hydrogens (tertiary/aromatic N) is 2. The average molecular weight is 298 g/mol. The average Bonchev–Trinajstić information content (AvgIpc) is 2.95. The molecule has 2 aromatic carbocycles. The molecule has 5 nitrogen and oxygen atoms in total. The van der Waals surface area contributed by atoms with Crippen LogP contribution in [0, 0.1) is 0 Å². The summed E-state index contributed by atoms with van der Waals surface area (Å²) in [5.74, 6) is 0.808. The number of oxime groups is 1. The Morgan fingerprint density at radius 3 is 2.76 bits per heavy atom. The molecule has 3 rings (SSSR count). The minimum atomic E-state index is 0.121. The van der Waals surface area contributed by atoms with Gasteiger partial charge in [-0.3, -0.25) is 0 Å². The van der Waals surface area contributed by atoms with Crippen LogP contribution >= 0.6 is 11.8 Å². The molecule has 0 saturated carbocycles. The molecule has 21 heavy (non-hydrogen) atoms. The zero-order chi connectivity index (χ0) is 14.7. The van der Waals surface area contributed by atoms with Gasteiger partial charge in [0.25, 0.3) is 0 Å². The summed E-state index contributed by atoms with van der Waals surface area (Å²) in [4.78, 5) is 7.79. The lowest BCUT2D eigenvalue weighted by Gasteiger charge is -2.06. The van der Waals surface area contributed by atoms with Crippen LogP contribution in [0.4, 0.5) is 0 Å². The molecule has 0 aliphatic rings. The lowest BCUT2D eigenvalue weighted by molar-refractivity contribution is 0.318. The summed E-state index contributed by atoms with van der Waals surface area (Å²) in [5.41, 5.74) is 9.40. The van der Waals surface area contributed by atoms with Crippen LogP contribution in [-0.4, -0.2) is 21.0 Å². The van der Waals surface area contributed by atoms with Crippen molar-refractivity contribution in [3.8, 4) is 0 Å². The molecule has 3 aromatic rings. The number of para-hydroxylation sites is 2. The van der Waals surface area contributed by atoms with Crippen molar-refractivity contribution in [3.05, 3.63) is 59.7 Å². The molecule has 106 valence electrons. The smallest absolute Gasteiger partial charge is 0.170 e. The normalized spacial score (nSPS) is 11.9. The number of amidine groups is 1. The van der Waals surface area contributed by atoms with Gasteiger partial charge < -0.3 is 15.9 Å². The van der Waals surface area contributed by atoms with Crippen LogP contribution in [0.25, 0.3) is 11.0 Å². The fourth-order valence-corrected chi connectivity index (χ4v) is 2.98. The lowest BCUT2D eigenvalue weighted by atomic mass is 10.1. The number of thioether (sulfide) groups is 1. The lowest BCUT2D eigenvalue weighted by Crippen LogP contribution is -2.15. The van der Waals surface area contributed by atoms with Crippen molar-refractivity contribution in [2.24, 2.45) is 10.9 Å². The van der Waals surface area contributed by atoms with Gasteiger partial charge in [0, 0.05) is 11.3 Å². The van der Waals surface area contributed by atoms with Crippen molar-refractivity contribution in [1.29, 1.82) is 0 Å². The van der Waals surface area contributed by atoms with Gasteiger partial charge in [0.1, 0.15) is 0 Å². The number of fused-ring (bicyclic) bond motifs is 1. The molecule has 1 aromatic heterocycles. The van der Waals surface area contributed by atoms with Gasteiger partial charge in [-0.15, -0.1) is 0 Å². The van der Waals surface area contributed by atoms with Crippen LogP contribution in [0.5, 0.6) is 0 Å². The van der Waals surface area contributed by atoms with E-state index in [2.05, 4.69) is 15.1 Å². The number of nitrogens with one attached hydrogen (secondary N) is 1. The van der Waals surface area contributed by atoms with E-state index in [1.165, 1.54) is 0 Å². The molecule has 4 N–H and O–H groups in total. The van der Waals surface area contributed by atoms with Crippen LogP contribution in [-0.2, 0) is 5.75 Å². The highest BCUT2D eigenvalue weighted by molar-refractivity contribution is 7.98. The standard InChI is InChI=1S/C15H14N4OS/c16-14(19-20)11-6-2-1-5-10(11)9-21-15-17-12-7-3-4-8-13(12)18-15/h1-8,20H,9H2,(H2,16,19)(H,17,18). The third-order valence-electron chi connectivity index (χ3n) is 3.13. The molecule has 0 atom stereocenters. The van der Waals surface area contributed by atoms with Crippen molar-refractivity contribution in [1.82, 2.24) is 9.97 Å². The van der Waals surface area contributed by atoms with Crippen LogP contribution in [0.1, 0.15) is 11.1 Å². The molecule has 0 amide bonds. The van der Waals surface area contributed by atoms with E-state index in [1.54, 1.807) is 11.8 Å². The zero-order valence-electron chi connectivity index (χ0n) is 11.2. The molecular weight excluding hydrogens is 284 g/mol. The SMILES string of the molecule is N/C(=N\O)c1ccccc1CSc1nc2ccccc2[nH]1. The Morgan fingerprint density at radius 2 is 1.95 bits per heavy atom. The Balaban J connectivity index is 1.81. The molecule has 6 heteroatoms. The van der Waals surface area contributed by atoms with Gasteiger partial charge in [0.2, 0.25) is 0 Å². The monoisotopic (exact) mass is 298 g/mol. The maximum Gasteiger partial charge on any atom is 0.170 e. The van der Waals surface area contributed by atoms with E-state index in [4.69, 9.17) is 10.9 Å². The van der Waals surface area contributed by atoms with Crippen molar-refractivity contribution in [2.45, 2.75) is 10.9 Å². The highest BCUT2D eigenvalue weighted by Gasteiger charge is 2.08. The van der Waals surface area contributed by atoms with Gasteiger partial charge in [0.15, 0.2) is 11.0 Å². The minimum absolute atomic E-state index is 0.121. The van der Waals surface area contributed by atoms with E-state index in [-0.39, 0.29) is 5.84 Å². The van der Waals surface area contributed by atoms with E-state index in [9.17, 15) is 0 Å². The van der Waals surface area contributed by atoms with E-state index < -0.39 is 0 Å². The van der Waals surface area contributed by atoms with Gasteiger partial charge in [-0.1, -0.05) is 53.3 Å². The van der Waals surface area contributed by atoms with Crippen LogP contribution in [0.2, 0.25) is 0 Å². The number of benzene rings is 2. The number of rotatable bonds is 4. The van der Waals surface area contributed by atoms with Gasteiger partial charge >= 0.3 is 0 Å². The second kappa shape index (κ2) is 5.88. The highest BCUT2D eigenvalue weighted by Crippen LogP contribution is 2.24. The summed E-state index contributed by atoms with van der Waals surface area (Å²) in [5, 5.41) is 12.8. The first-order valence-electron chi connectivity index (χ1n) is 6.41. The molecule has 0 saturated heterocycles. The third-order valence-corrected chi connectivity index (χ3v) is 4.06. The van der Waals surface area contributed by atoms with Gasteiger partial charge in [-0.2, -0.15) is 0 Å². The number of hydrogen-bond donors (Lipinski definition) is 3. The molecule has 0 radical (unpaired) electrons. The fourth-order valence-electron chi connectivity index (χ4n) is 2.09. The molecule has 0 aliphatic heterocycles. The van der Waals surface area contributed by atoms with Crippen LogP contribution in [0.15, 0.2) is 58.8 Å². The summed E-state index contributed by atoms with van der Waals surface area (Å²) in [6.07, 6.45) is 0. The van der Waals surface area contributed by atoms with Gasteiger partial charge in [-0.25, -0.2) is 4.98 Å². The largest absolute Gasteiger partial charge is 0.409 e. The first-order chi connectivity index (χ1) is 10.3. The molecule has 0 fully saturated rings. The Morgan fingerprint density at radius 1 is 1.19 bits per heavy atom. The molecule has 0 aliphatic carbocycles. The Hall–Kier alpha value is -2.47. The van der Waals surface area contributed by atoms with E-state index in [0.717, 1.165) is 27.3 Å². The van der Waals surface area contributed by atoms with Crippen molar-refractivity contribution in [3.63, 3.8) is 0 Å². The summed E-state index contributed by atoms with van der Waals surface area (Å²) in [6.45, 7) is 0. The zero-order valence-corrected chi connectivity index (χ0v) is 12.0. The molecule has 0 spiro atoms. The summed E-state index contributed by atoms with van der Waals surface area (Å²) >= 11 is 1.58. The van der Waals surface area contributed by atoms with E-state index in [0.29, 0.717) is 5.75 Å². The summed E-state index contributed by atoms with van der Waals surface area (Å²) < 4.78 is 0. The number of H-pyrrole nitrogens is 1. The number of aromatic nitrogens is 2. The van der Waals surface area contributed by atoms with Gasteiger partial charge in [-0.05, 0) is 17.7 Å². The fraction of sp³-hybridized carbons (Fsp3) is 0.0667. The predicted octanol–water partition coefficient (Wildman–Crippen LogP) is 2.95. The second-order valence-electron chi connectivity index (χ2n) is 4.49. The van der Waals surface area contributed by atoms with Crippen LogP contribution in [0.3, 0.4) is 0 Å². The van der Waals surface area contributed by atoms with E-state index >= 15 is 0 Å². The maximum atomic E-state index is 8.83. The number of imidazole rings is 1. The molecule has 0 unspecified atom stereocenters. The molecule has 1 heterocycles. The highest BCUT2D eigenvalue weighted by atomic mass is 32.2. The first kappa shape index (κ1) is 13.5. The molecule has 0 bridgehead atoms. The number of hydrogen-bond acceptors (Lipinski definition) is 4. The van der Waals surface area contributed by atoms with E-state index in [1.807, 2.05) is 48.5 Å². The Labute approximate surface area is 125 Å². The number of nitrogens with two attached hydrogens (primary N) is 1. The Bertz CT molecular complexity index is 764. The minimum Gasteiger partial charge on any atom is -0.409 e. The third kappa shape index (κ3) is 2.85. The number of aromatic amines is 1. The van der Waals surface area contributed by atoms with Crippen molar-refractivity contribution < 1.29 is 5.21 Å². The predicted molar refractivity (Wildman–Crippen MR) is 84.6 cm³/mol. The quantitative estimate of drug-likeness (QED) is 0.227.